The number of carbonyl (C=O) groups excluding carboxylic acids is 2. The molecule has 1 unspecified atom stereocenters. The Bertz CT molecular complexity index is 588. The summed E-state index contributed by atoms with van der Waals surface area (Å²) in [5.74, 6) is -0.391. The van der Waals surface area contributed by atoms with Gasteiger partial charge in [-0.15, -0.1) is 0 Å². The van der Waals surface area contributed by atoms with Crippen LogP contribution in [0.25, 0.3) is 0 Å². The zero-order valence-electron chi connectivity index (χ0n) is 12.0. The molecule has 0 aromatic heterocycles. The van der Waals surface area contributed by atoms with E-state index >= 15 is 0 Å². The number of halogens is 1. The largest absolute Gasteiger partial charge is 0.463 e. The molecule has 1 atom stereocenters. The molecule has 0 saturated carbocycles. The van der Waals surface area contributed by atoms with E-state index in [1.807, 2.05) is 0 Å². The highest BCUT2D eigenvalue weighted by Gasteiger charge is 2.29. The van der Waals surface area contributed by atoms with Crippen molar-refractivity contribution in [3.63, 3.8) is 0 Å². The van der Waals surface area contributed by atoms with Crippen molar-refractivity contribution in [1.82, 2.24) is 4.90 Å². The number of thioether (sulfide) groups is 1. The number of β-amino-alcohol motifs (C(OH)–C–C–N with tert-alkyl or cyclic N) is 1. The van der Waals surface area contributed by atoms with Gasteiger partial charge in [-0.25, -0.2) is 4.79 Å². The predicted octanol–water partition coefficient (Wildman–Crippen LogP) is 2.35. The van der Waals surface area contributed by atoms with Gasteiger partial charge in [-0.3, -0.25) is 4.79 Å². The number of carbonyl (C=O) groups is 2. The molecule has 0 radical (unpaired) electrons. The summed E-state index contributed by atoms with van der Waals surface area (Å²) < 4.78 is 4.85. The third kappa shape index (κ3) is 4.25. The standard InChI is InChI=1S/C15H16ClNO4S/c1-2-21-15(20)7-14-17(13(19)9-22-14)8-12(18)10-3-5-11(16)6-4-10/h3-7,12,18H,2,8-9H2,1H3. The predicted molar refractivity (Wildman–Crippen MR) is 85.3 cm³/mol. The van der Waals surface area contributed by atoms with Gasteiger partial charge in [-0.05, 0) is 24.6 Å². The maximum Gasteiger partial charge on any atom is 0.333 e. The van der Waals surface area contributed by atoms with Crippen LogP contribution in [-0.2, 0) is 14.3 Å². The zero-order chi connectivity index (χ0) is 16.1. The summed E-state index contributed by atoms with van der Waals surface area (Å²) in [5.41, 5.74) is 0.657. The fourth-order valence-electron chi connectivity index (χ4n) is 1.97. The molecule has 118 valence electrons. The van der Waals surface area contributed by atoms with Crippen LogP contribution in [0, 0.1) is 0 Å². The number of hydrogen-bond donors (Lipinski definition) is 1. The molecule has 0 bridgehead atoms. The Morgan fingerprint density at radius 1 is 1.50 bits per heavy atom. The summed E-state index contributed by atoms with van der Waals surface area (Å²) in [4.78, 5) is 24.8. The minimum absolute atomic E-state index is 0.0820. The Hall–Kier alpha value is -1.50. The molecule has 1 saturated heterocycles. The van der Waals surface area contributed by atoms with Gasteiger partial charge in [0.1, 0.15) is 0 Å². The molecule has 0 aliphatic carbocycles. The van der Waals surface area contributed by atoms with Crippen molar-refractivity contribution in [2.45, 2.75) is 13.0 Å². The van der Waals surface area contributed by atoms with Crippen LogP contribution >= 0.6 is 23.4 Å². The van der Waals surface area contributed by atoms with E-state index in [0.29, 0.717) is 15.6 Å². The van der Waals surface area contributed by atoms with Crippen LogP contribution in [0.3, 0.4) is 0 Å². The van der Waals surface area contributed by atoms with Crippen molar-refractivity contribution in [2.75, 3.05) is 18.9 Å². The number of amides is 1. The Morgan fingerprint density at radius 2 is 2.18 bits per heavy atom. The topological polar surface area (TPSA) is 66.8 Å². The maximum atomic E-state index is 11.9. The molecule has 1 aliphatic rings. The summed E-state index contributed by atoms with van der Waals surface area (Å²) in [5, 5.41) is 11.3. The van der Waals surface area contributed by atoms with Gasteiger partial charge in [-0.2, -0.15) is 0 Å². The summed E-state index contributed by atoms with van der Waals surface area (Å²) in [6.07, 6.45) is 0.429. The second-order valence-electron chi connectivity index (χ2n) is 4.59. The SMILES string of the molecule is CCOC(=O)C=C1SCC(=O)N1CC(O)c1ccc(Cl)cc1. The van der Waals surface area contributed by atoms with Gasteiger partial charge < -0.3 is 14.7 Å². The first-order chi connectivity index (χ1) is 10.5. The Morgan fingerprint density at radius 3 is 2.82 bits per heavy atom. The molecule has 1 heterocycles. The lowest BCUT2D eigenvalue weighted by molar-refractivity contribution is -0.137. The van der Waals surface area contributed by atoms with E-state index in [2.05, 4.69) is 0 Å². The van der Waals surface area contributed by atoms with E-state index in [1.54, 1.807) is 31.2 Å². The van der Waals surface area contributed by atoms with E-state index < -0.39 is 12.1 Å². The number of aliphatic hydroxyl groups is 1. The molecule has 5 nitrogen and oxygen atoms in total. The Labute approximate surface area is 137 Å². The molecule has 1 fully saturated rings. The minimum Gasteiger partial charge on any atom is -0.463 e. The second-order valence-corrected chi connectivity index (χ2v) is 6.03. The number of hydrogen-bond acceptors (Lipinski definition) is 5. The fourth-order valence-corrected chi connectivity index (χ4v) is 3.04. The summed E-state index contributed by atoms with van der Waals surface area (Å²) in [6, 6.07) is 6.76. The Balaban J connectivity index is 2.09. The van der Waals surface area contributed by atoms with Gasteiger partial charge in [0, 0.05) is 5.02 Å². The molecule has 22 heavy (non-hydrogen) atoms. The number of rotatable bonds is 5. The van der Waals surface area contributed by atoms with Crippen LogP contribution in [0.2, 0.25) is 5.02 Å². The fraction of sp³-hybridized carbons (Fsp3) is 0.333. The number of aliphatic hydroxyl groups excluding tert-OH is 1. The van der Waals surface area contributed by atoms with Crippen molar-refractivity contribution >= 4 is 35.2 Å². The van der Waals surface area contributed by atoms with Crippen molar-refractivity contribution in [3.05, 3.63) is 46.0 Å². The van der Waals surface area contributed by atoms with Crippen LogP contribution in [0.5, 0.6) is 0 Å². The molecule has 1 N–H and O–H groups in total. The quantitative estimate of drug-likeness (QED) is 0.657. The lowest BCUT2D eigenvalue weighted by atomic mass is 10.1. The first-order valence-electron chi connectivity index (χ1n) is 6.76. The first-order valence-corrected chi connectivity index (χ1v) is 8.12. The number of esters is 1. The smallest absolute Gasteiger partial charge is 0.333 e. The molecular weight excluding hydrogens is 326 g/mol. The Kier molecular flexibility index (Phi) is 5.88. The van der Waals surface area contributed by atoms with E-state index in [1.165, 1.54) is 22.7 Å². The highest BCUT2D eigenvalue weighted by molar-refractivity contribution is 8.04. The first kappa shape index (κ1) is 16.9. The van der Waals surface area contributed by atoms with Gasteiger partial charge in [-0.1, -0.05) is 35.5 Å². The highest BCUT2D eigenvalue weighted by atomic mass is 35.5. The molecule has 1 aromatic rings. The third-order valence-electron chi connectivity index (χ3n) is 3.05. The van der Waals surface area contributed by atoms with Crippen molar-refractivity contribution in [1.29, 1.82) is 0 Å². The van der Waals surface area contributed by atoms with Crippen LogP contribution in [0.4, 0.5) is 0 Å². The molecular formula is C15H16ClNO4S. The molecule has 2 rings (SSSR count). The van der Waals surface area contributed by atoms with E-state index in [4.69, 9.17) is 16.3 Å². The average Bonchev–Trinajstić information content (AvgIpc) is 2.81. The van der Waals surface area contributed by atoms with Crippen LogP contribution in [0.15, 0.2) is 35.4 Å². The lowest BCUT2D eigenvalue weighted by Gasteiger charge is -2.21. The van der Waals surface area contributed by atoms with Gasteiger partial charge in [0.25, 0.3) is 0 Å². The molecule has 0 spiro atoms. The number of nitrogens with zero attached hydrogens (tertiary/aromatic N) is 1. The molecule has 7 heteroatoms. The van der Waals surface area contributed by atoms with Crippen LogP contribution in [0.1, 0.15) is 18.6 Å². The third-order valence-corrected chi connectivity index (χ3v) is 4.33. The van der Waals surface area contributed by atoms with Gasteiger partial charge in [0.15, 0.2) is 0 Å². The minimum atomic E-state index is -0.856. The van der Waals surface area contributed by atoms with Gasteiger partial charge >= 0.3 is 5.97 Å². The normalized spacial score (nSPS) is 17.9. The van der Waals surface area contributed by atoms with Crippen molar-refractivity contribution in [2.24, 2.45) is 0 Å². The van der Waals surface area contributed by atoms with Crippen LogP contribution < -0.4 is 0 Å². The molecule has 1 aliphatic heterocycles. The van der Waals surface area contributed by atoms with E-state index in [9.17, 15) is 14.7 Å². The number of ether oxygens (including phenoxy) is 1. The van der Waals surface area contributed by atoms with E-state index in [-0.39, 0.29) is 24.8 Å². The zero-order valence-corrected chi connectivity index (χ0v) is 13.6. The van der Waals surface area contributed by atoms with Crippen molar-refractivity contribution in [3.8, 4) is 0 Å². The van der Waals surface area contributed by atoms with Gasteiger partial charge in [0.2, 0.25) is 5.91 Å². The summed E-state index contributed by atoms with van der Waals surface area (Å²) in [6.45, 7) is 2.07. The summed E-state index contributed by atoms with van der Waals surface area (Å²) in [7, 11) is 0. The van der Waals surface area contributed by atoms with E-state index in [0.717, 1.165) is 0 Å². The lowest BCUT2D eigenvalue weighted by Crippen LogP contribution is -2.29. The monoisotopic (exact) mass is 341 g/mol. The maximum absolute atomic E-state index is 11.9. The summed E-state index contributed by atoms with van der Waals surface area (Å²) >= 11 is 7.07. The van der Waals surface area contributed by atoms with Crippen LogP contribution in [-0.4, -0.2) is 40.8 Å². The number of benzene rings is 1. The second kappa shape index (κ2) is 7.67. The molecule has 1 aromatic carbocycles. The average molecular weight is 342 g/mol. The highest BCUT2D eigenvalue weighted by Crippen LogP contribution is 2.31. The van der Waals surface area contributed by atoms with Gasteiger partial charge in [0.05, 0.1) is 36.1 Å². The molecule has 1 amide bonds. The van der Waals surface area contributed by atoms with Crippen molar-refractivity contribution < 1.29 is 19.4 Å².